The lowest BCUT2D eigenvalue weighted by atomic mass is 10.2. The van der Waals surface area contributed by atoms with Crippen LogP contribution in [0.15, 0.2) is 23.0 Å². The molecule has 1 aliphatic heterocycles. The Hall–Kier alpha value is -2.41. The van der Waals surface area contributed by atoms with E-state index in [1.165, 1.54) is 7.11 Å². The number of esters is 1. The van der Waals surface area contributed by atoms with Crippen molar-refractivity contribution in [3.8, 4) is 0 Å². The van der Waals surface area contributed by atoms with Crippen LogP contribution >= 0.6 is 0 Å². The molecule has 1 aromatic carbocycles. The zero-order valence-corrected chi connectivity index (χ0v) is 13.2. The summed E-state index contributed by atoms with van der Waals surface area (Å²) in [5, 5.41) is 0. The maximum Gasteiger partial charge on any atom is 0.337 e. The van der Waals surface area contributed by atoms with Gasteiger partial charge in [-0.3, -0.25) is 4.79 Å². The minimum Gasteiger partial charge on any atom is -0.465 e. The third kappa shape index (κ3) is 2.92. The Morgan fingerprint density at radius 2 is 2.26 bits per heavy atom. The molecular formula is C16H19N3O4. The number of carbonyl (C=O) groups excluding carboxylic acids is 1. The van der Waals surface area contributed by atoms with E-state index in [0.29, 0.717) is 29.0 Å². The fourth-order valence-corrected chi connectivity index (χ4v) is 2.99. The van der Waals surface area contributed by atoms with Gasteiger partial charge in [-0.25, -0.2) is 9.78 Å². The first-order valence-electron chi connectivity index (χ1n) is 7.52. The minimum absolute atomic E-state index is 0.148. The molecule has 0 bridgehead atoms. The summed E-state index contributed by atoms with van der Waals surface area (Å²) >= 11 is 0. The quantitative estimate of drug-likeness (QED) is 0.856. The molecule has 1 fully saturated rings. The van der Waals surface area contributed by atoms with Gasteiger partial charge in [-0.15, -0.1) is 0 Å². The summed E-state index contributed by atoms with van der Waals surface area (Å²) < 4.78 is 9.95. The lowest BCUT2D eigenvalue weighted by Gasteiger charge is -2.24. The summed E-state index contributed by atoms with van der Waals surface area (Å²) in [6.07, 6.45) is 1.96. The highest BCUT2D eigenvalue weighted by Crippen LogP contribution is 2.23. The molecule has 7 nitrogen and oxygen atoms in total. The van der Waals surface area contributed by atoms with Crippen molar-refractivity contribution in [2.45, 2.75) is 18.9 Å². The van der Waals surface area contributed by atoms with Crippen LogP contribution < -0.4 is 10.5 Å². The number of anilines is 1. The number of aromatic nitrogens is 2. The number of hydrogen-bond donors (Lipinski definition) is 1. The van der Waals surface area contributed by atoms with Crippen LogP contribution in [0.2, 0.25) is 0 Å². The van der Waals surface area contributed by atoms with E-state index in [-0.39, 0.29) is 11.6 Å². The molecule has 23 heavy (non-hydrogen) atoms. The zero-order valence-electron chi connectivity index (χ0n) is 13.2. The number of nitrogens with one attached hydrogen (secondary N) is 1. The number of ether oxygens (including phenoxy) is 2. The van der Waals surface area contributed by atoms with E-state index in [0.717, 1.165) is 19.4 Å². The van der Waals surface area contributed by atoms with Crippen LogP contribution in [0.3, 0.4) is 0 Å². The van der Waals surface area contributed by atoms with Crippen LogP contribution in [0, 0.1) is 0 Å². The smallest absolute Gasteiger partial charge is 0.337 e. The molecule has 122 valence electrons. The van der Waals surface area contributed by atoms with E-state index in [4.69, 9.17) is 9.47 Å². The maximum atomic E-state index is 12.4. The Balaban J connectivity index is 2.05. The number of nitrogens with zero attached hydrogens (tertiary/aromatic N) is 2. The second kappa shape index (κ2) is 6.37. The van der Waals surface area contributed by atoms with Crippen molar-refractivity contribution < 1.29 is 14.3 Å². The van der Waals surface area contributed by atoms with E-state index in [1.54, 1.807) is 25.3 Å². The molecule has 0 spiro atoms. The van der Waals surface area contributed by atoms with Gasteiger partial charge in [0, 0.05) is 13.7 Å². The Kier molecular flexibility index (Phi) is 4.29. The molecular weight excluding hydrogens is 298 g/mol. The maximum absolute atomic E-state index is 12.4. The fourth-order valence-electron chi connectivity index (χ4n) is 2.99. The number of H-pyrrole nitrogens is 1. The van der Waals surface area contributed by atoms with Gasteiger partial charge in [-0.05, 0) is 31.0 Å². The van der Waals surface area contributed by atoms with Gasteiger partial charge >= 0.3 is 5.97 Å². The average Bonchev–Trinajstić information content (AvgIpc) is 3.01. The summed E-state index contributed by atoms with van der Waals surface area (Å²) in [6.45, 7) is 1.33. The average molecular weight is 317 g/mol. The topological polar surface area (TPSA) is 84.5 Å². The Labute approximate surface area is 133 Å². The molecule has 2 aromatic rings. The van der Waals surface area contributed by atoms with Crippen molar-refractivity contribution >= 4 is 22.8 Å². The number of methoxy groups -OCH3 is 2. The Morgan fingerprint density at radius 1 is 1.43 bits per heavy atom. The van der Waals surface area contributed by atoms with E-state index >= 15 is 0 Å². The number of carbonyl (C=O) groups is 1. The van der Waals surface area contributed by atoms with Gasteiger partial charge < -0.3 is 19.4 Å². The SMILES string of the molecule is COCC1CCCN1c1nc2cc(C(=O)OC)ccc2[nH]c1=O. The van der Waals surface area contributed by atoms with E-state index in [1.807, 2.05) is 4.90 Å². The van der Waals surface area contributed by atoms with Crippen molar-refractivity contribution in [1.29, 1.82) is 0 Å². The molecule has 1 aromatic heterocycles. The second-order valence-electron chi connectivity index (χ2n) is 5.56. The first-order valence-corrected chi connectivity index (χ1v) is 7.52. The molecule has 7 heteroatoms. The molecule has 1 atom stereocenters. The number of hydrogen-bond acceptors (Lipinski definition) is 6. The standard InChI is InChI=1S/C16H19N3O4/c1-22-9-11-4-3-7-19(11)14-15(20)18-12-6-5-10(16(21)23-2)8-13(12)17-14/h5-6,8,11H,3-4,7,9H2,1-2H3,(H,18,20). The van der Waals surface area contributed by atoms with Crippen molar-refractivity contribution in [2.75, 3.05) is 32.3 Å². The van der Waals surface area contributed by atoms with Crippen LogP contribution in [0.25, 0.3) is 11.0 Å². The molecule has 2 heterocycles. The molecule has 0 saturated carbocycles. The van der Waals surface area contributed by atoms with Gasteiger partial charge in [0.05, 0.1) is 36.4 Å². The van der Waals surface area contributed by atoms with Crippen molar-refractivity contribution in [2.24, 2.45) is 0 Å². The Morgan fingerprint density at radius 3 is 3.00 bits per heavy atom. The summed E-state index contributed by atoms with van der Waals surface area (Å²) in [5.41, 5.74) is 1.33. The number of fused-ring (bicyclic) bond motifs is 1. The van der Waals surface area contributed by atoms with Gasteiger partial charge in [-0.1, -0.05) is 0 Å². The van der Waals surface area contributed by atoms with Gasteiger partial charge in [0.25, 0.3) is 5.56 Å². The van der Waals surface area contributed by atoms with E-state index < -0.39 is 5.97 Å². The molecule has 0 aliphatic carbocycles. The van der Waals surface area contributed by atoms with Crippen LogP contribution in [0.4, 0.5) is 5.82 Å². The summed E-state index contributed by atoms with van der Waals surface area (Å²) in [6, 6.07) is 5.04. The monoisotopic (exact) mass is 317 g/mol. The normalized spacial score (nSPS) is 17.7. The second-order valence-corrected chi connectivity index (χ2v) is 5.56. The highest BCUT2D eigenvalue weighted by atomic mass is 16.5. The van der Waals surface area contributed by atoms with Crippen molar-refractivity contribution in [1.82, 2.24) is 9.97 Å². The predicted octanol–water partition coefficient (Wildman–Crippen LogP) is 1.32. The largest absolute Gasteiger partial charge is 0.465 e. The third-order valence-electron chi connectivity index (χ3n) is 4.10. The first-order chi connectivity index (χ1) is 11.1. The lowest BCUT2D eigenvalue weighted by Crippen LogP contribution is -2.37. The van der Waals surface area contributed by atoms with E-state index in [9.17, 15) is 9.59 Å². The molecule has 1 aliphatic rings. The van der Waals surface area contributed by atoms with Crippen LogP contribution in [-0.2, 0) is 9.47 Å². The molecule has 1 N–H and O–H groups in total. The molecule has 0 radical (unpaired) electrons. The lowest BCUT2D eigenvalue weighted by molar-refractivity contribution is 0.0601. The summed E-state index contributed by atoms with van der Waals surface area (Å²) in [5.74, 6) is -0.0565. The number of aromatic amines is 1. The van der Waals surface area contributed by atoms with Crippen LogP contribution in [0.5, 0.6) is 0 Å². The minimum atomic E-state index is -0.431. The summed E-state index contributed by atoms with van der Waals surface area (Å²) in [4.78, 5) is 33.3. The van der Waals surface area contributed by atoms with Crippen LogP contribution in [-0.4, -0.2) is 49.4 Å². The third-order valence-corrected chi connectivity index (χ3v) is 4.10. The first kappa shape index (κ1) is 15.5. The molecule has 1 saturated heterocycles. The van der Waals surface area contributed by atoms with Crippen molar-refractivity contribution in [3.05, 3.63) is 34.1 Å². The molecule has 0 amide bonds. The molecule has 3 rings (SSSR count). The predicted molar refractivity (Wildman–Crippen MR) is 85.9 cm³/mol. The zero-order chi connectivity index (χ0) is 16.4. The van der Waals surface area contributed by atoms with Crippen molar-refractivity contribution in [3.63, 3.8) is 0 Å². The summed E-state index contributed by atoms with van der Waals surface area (Å²) in [7, 11) is 2.98. The highest BCUT2D eigenvalue weighted by Gasteiger charge is 2.27. The van der Waals surface area contributed by atoms with Crippen LogP contribution in [0.1, 0.15) is 23.2 Å². The Bertz CT molecular complexity index is 786. The van der Waals surface area contributed by atoms with Gasteiger partial charge in [0.15, 0.2) is 5.82 Å². The fraction of sp³-hybridized carbons (Fsp3) is 0.438. The molecule has 1 unspecified atom stereocenters. The highest BCUT2D eigenvalue weighted by molar-refractivity contribution is 5.93. The number of rotatable bonds is 4. The van der Waals surface area contributed by atoms with Gasteiger partial charge in [0.2, 0.25) is 0 Å². The van der Waals surface area contributed by atoms with Gasteiger partial charge in [0.1, 0.15) is 0 Å². The van der Waals surface area contributed by atoms with Gasteiger partial charge in [-0.2, -0.15) is 0 Å². The van der Waals surface area contributed by atoms with E-state index in [2.05, 4.69) is 9.97 Å². The number of benzene rings is 1.